The smallest absolute Gasteiger partial charge is 0.360 e. The average molecular weight is 209 g/mol. The SMILES string of the molecule is CCOC(=O)c1cn(C2CCCC2)nn1. The van der Waals surface area contributed by atoms with Crippen LogP contribution in [-0.4, -0.2) is 27.6 Å². The van der Waals surface area contributed by atoms with Gasteiger partial charge in [0.2, 0.25) is 0 Å². The molecule has 0 unspecified atom stereocenters. The predicted molar refractivity (Wildman–Crippen MR) is 53.5 cm³/mol. The maximum absolute atomic E-state index is 11.3. The highest BCUT2D eigenvalue weighted by Crippen LogP contribution is 2.28. The highest BCUT2D eigenvalue weighted by molar-refractivity contribution is 5.86. The zero-order valence-electron chi connectivity index (χ0n) is 8.85. The monoisotopic (exact) mass is 209 g/mol. The normalized spacial score (nSPS) is 16.9. The lowest BCUT2D eigenvalue weighted by Gasteiger charge is -2.06. The van der Waals surface area contributed by atoms with Crippen LogP contribution in [-0.2, 0) is 4.74 Å². The molecule has 15 heavy (non-hydrogen) atoms. The highest BCUT2D eigenvalue weighted by Gasteiger charge is 2.20. The minimum Gasteiger partial charge on any atom is -0.461 e. The van der Waals surface area contributed by atoms with E-state index < -0.39 is 0 Å². The summed E-state index contributed by atoms with van der Waals surface area (Å²) in [5.41, 5.74) is 0.309. The van der Waals surface area contributed by atoms with Gasteiger partial charge in [-0.05, 0) is 19.8 Å². The van der Waals surface area contributed by atoms with Crippen molar-refractivity contribution in [1.82, 2.24) is 15.0 Å². The lowest BCUT2D eigenvalue weighted by molar-refractivity contribution is 0.0519. The van der Waals surface area contributed by atoms with Crippen molar-refractivity contribution in [2.75, 3.05) is 6.61 Å². The van der Waals surface area contributed by atoms with Crippen LogP contribution in [0.3, 0.4) is 0 Å². The molecule has 0 saturated heterocycles. The molecule has 1 aromatic rings. The molecular formula is C10H15N3O2. The van der Waals surface area contributed by atoms with Crippen LogP contribution in [0.15, 0.2) is 6.20 Å². The maximum Gasteiger partial charge on any atom is 0.360 e. The molecule has 1 aliphatic rings. The van der Waals surface area contributed by atoms with Crippen LogP contribution in [0.1, 0.15) is 49.1 Å². The van der Waals surface area contributed by atoms with Gasteiger partial charge in [0.1, 0.15) is 0 Å². The first-order valence-electron chi connectivity index (χ1n) is 5.40. The Kier molecular flexibility index (Phi) is 2.99. The molecule has 0 atom stereocenters. The molecule has 0 radical (unpaired) electrons. The van der Waals surface area contributed by atoms with Crippen molar-refractivity contribution in [3.8, 4) is 0 Å². The summed E-state index contributed by atoms with van der Waals surface area (Å²) in [6, 6.07) is 0.417. The predicted octanol–water partition coefficient (Wildman–Crippen LogP) is 1.57. The largest absolute Gasteiger partial charge is 0.461 e. The van der Waals surface area contributed by atoms with Gasteiger partial charge < -0.3 is 4.74 Å². The van der Waals surface area contributed by atoms with Crippen LogP contribution in [0.2, 0.25) is 0 Å². The Morgan fingerprint density at radius 2 is 2.33 bits per heavy atom. The number of nitrogens with zero attached hydrogens (tertiary/aromatic N) is 3. The Morgan fingerprint density at radius 1 is 1.60 bits per heavy atom. The van der Waals surface area contributed by atoms with Crippen molar-refractivity contribution in [2.24, 2.45) is 0 Å². The molecule has 5 heteroatoms. The molecule has 1 aromatic heterocycles. The molecule has 0 spiro atoms. The lowest BCUT2D eigenvalue weighted by atomic mass is 10.2. The highest BCUT2D eigenvalue weighted by atomic mass is 16.5. The van der Waals surface area contributed by atoms with E-state index in [1.165, 1.54) is 12.8 Å². The number of hydrogen-bond acceptors (Lipinski definition) is 4. The average Bonchev–Trinajstić information content (AvgIpc) is 2.89. The van der Waals surface area contributed by atoms with E-state index in [0.29, 0.717) is 18.3 Å². The van der Waals surface area contributed by atoms with Gasteiger partial charge in [0, 0.05) is 0 Å². The Bertz CT molecular complexity index is 342. The molecule has 82 valence electrons. The fourth-order valence-electron chi connectivity index (χ4n) is 1.92. The number of carbonyl (C=O) groups is 1. The molecule has 2 rings (SSSR count). The van der Waals surface area contributed by atoms with E-state index in [9.17, 15) is 4.79 Å². The third kappa shape index (κ3) is 2.16. The molecule has 1 fully saturated rings. The summed E-state index contributed by atoms with van der Waals surface area (Å²) in [6.07, 6.45) is 6.42. The summed E-state index contributed by atoms with van der Waals surface area (Å²) in [6.45, 7) is 2.15. The van der Waals surface area contributed by atoms with Crippen molar-refractivity contribution >= 4 is 5.97 Å². The first kappa shape index (κ1) is 10.1. The van der Waals surface area contributed by atoms with Crippen LogP contribution >= 0.6 is 0 Å². The molecule has 0 bridgehead atoms. The van der Waals surface area contributed by atoms with E-state index in [2.05, 4.69) is 10.3 Å². The summed E-state index contributed by atoms with van der Waals surface area (Å²) >= 11 is 0. The van der Waals surface area contributed by atoms with Crippen molar-refractivity contribution in [1.29, 1.82) is 0 Å². The Labute approximate surface area is 88.4 Å². The van der Waals surface area contributed by atoms with Gasteiger partial charge in [-0.3, -0.25) is 0 Å². The topological polar surface area (TPSA) is 57.0 Å². The van der Waals surface area contributed by atoms with Crippen LogP contribution in [0.5, 0.6) is 0 Å². The van der Waals surface area contributed by atoms with Gasteiger partial charge >= 0.3 is 5.97 Å². The van der Waals surface area contributed by atoms with E-state index in [4.69, 9.17) is 4.74 Å². The number of hydrogen-bond donors (Lipinski definition) is 0. The molecule has 1 saturated carbocycles. The van der Waals surface area contributed by atoms with Gasteiger partial charge in [-0.15, -0.1) is 5.10 Å². The van der Waals surface area contributed by atoms with E-state index >= 15 is 0 Å². The van der Waals surface area contributed by atoms with Gasteiger partial charge in [-0.2, -0.15) is 0 Å². The number of esters is 1. The maximum atomic E-state index is 11.3. The second kappa shape index (κ2) is 4.42. The third-order valence-corrected chi connectivity index (χ3v) is 2.69. The van der Waals surface area contributed by atoms with E-state index in [-0.39, 0.29) is 5.97 Å². The summed E-state index contributed by atoms with van der Waals surface area (Å²) in [5, 5.41) is 7.79. The number of carbonyl (C=O) groups excluding carboxylic acids is 1. The standard InChI is InChI=1S/C10H15N3O2/c1-2-15-10(14)9-7-13(12-11-9)8-5-3-4-6-8/h7-8H,2-6H2,1H3. The number of ether oxygens (including phenoxy) is 1. The van der Waals surface area contributed by atoms with E-state index in [1.807, 2.05) is 0 Å². The molecule has 1 aliphatic carbocycles. The van der Waals surface area contributed by atoms with Crippen molar-refractivity contribution < 1.29 is 9.53 Å². The second-order valence-corrected chi connectivity index (χ2v) is 3.74. The quantitative estimate of drug-likeness (QED) is 0.709. The van der Waals surface area contributed by atoms with Gasteiger partial charge in [-0.25, -0.2) is 9.48 Å². The molecule has 0 aliphatic heterocycles. The molecular weight excluding hydrogens is 194 g/mol. The van der Waals surface area contributed by atoms with E-state index in [0.717, 1.165) is 12.8 Å². The van der Waals surface area contributed by atoms with Crippen LogP contribution in [0.4, 0.5) is 0 Å². The van der Waals surface area contributed by atoms with Gasteiger partial charge in [0.25, 0.3) is 0 Å². The zero-order valence-corrected chi connectivity index (χ0v) is 8.85. The van der Waals surface area contributed by atoms with Gasteiger partial charge in [0.15, 0.2) is 5.69 Å². The molecule has 5 nitrogen and oxygen atoms in total. The first-order valence-corrected chi connectivity index (χ1v) is 5.40. The zero-order chi connectivity index (χ0) is 10.7. The molecule has 0 N–H and O–H groups in total. The van der Waals surface area contributed by atoms with E-state index in [1.54, 1.807) is 17.8 Å². The van der Waals surface area contributed by atoms with Gasteiger partial charge in [-0.1, -0.05) is 18.1 Å². The second-order valence-electron chi connectivity index (χ2n) is 3.74. The van der Waals surface area contributed by atoms with Crippen LogP contribution < -0.4 is 0 Å². The summed E-state index contributed by atoms with van der Waals surface area (Å²) < 4.78 is 6.64. The van der Waals surface area contributed by atoms with Crippen molar-refractivity contribution in [3.05, 3.63) is 11.9 Å². The third-order valence-electron chi connectivity index (χ3n) is 2.69. The Balaban J connectivity index is 2.06. The fraction of sp³-hybridized carbons (Fsp3) is 0.700. The summed E-state index contributed by atoms with van der Waals surface area (Å²) in [7, 11) is 0. The minimum absolute atomic E-state index is 0.309. The number of rotatable bonds is 3. The molecule has 1 heterocycles. The fourth-order valence-corrected chi connectivity index (χ4v) is 1.92. The Morgan fingerprint density at radius 3 is 3.00 bits per heavy atom. The summed E-state index contributed by atoms with van der Waals surface area (Å²) in [5.74, 6) is -0.387. The van der Waals surface area contributed by atoms with Crippen molar-refractivity contribution in [2.45, 2.75) is 38.6 Å². The Hall–Kier alpha value is -1.39. The van der Waals surface area contributed by atoms with Crippen LogP contribution in [0.25, 0.3) is 0 Å². The van der Waals surface area contributed by atoms with Crippen LogP contribution in [0, 0.1) is 0 Å². The van der Waals surface area contributed by atoms with Crippen molar-refractivity contribution in [3.63, 3.8) is 0 Å². The molecule has 0 amide bonds. The lowest BCUT2D eigenvalue weighted by Crippen LogP contribution is -2.06. The van der Waals surface area contributed by atoms with Gasteiger partial charge in [0.05, 0.1) is 18.8 Å². The first-order chi connectivity index (χ1) is 7.31. The number of aromatic nitrogens is 3. The summed E-state index contributed by atoms with van der Waals surface area (Å²) in [4.78, 5) is 11.3. The minimum atomic E-state index is -0.387. The molecule has 0 aromatic carbocycles.